The standard InChI is InChI=1S/C23H31N7O4S/c1-23(2,3)22(32)34-14-30-13-17(27-28-30)18-11-16(20(24)31)21(35-18)26-19-6-4-5-15(25-19)12-29-7-9-33-10-8-29/h4-6,11,17H,7-10,12-14H2,1-3H3,(H2,24,31)(H,25,26). The monoisotopic (exact) mass is 501 g/mol. The van der Waals surface area contributed by atoms with Gasteiger partial charge in [0, 0.05) is 24.5 Å². The van der Waals surface area contributed by atoms with E-state index in [9.17, 15) is 9.59 Å². The van der Waals surface area contributed by atoms with Gasteiger partial charge in [0.05, 0.1) is 36.4 Å². The first-order valence-electron chi connectivity index (χ1n) is 11.5. The van der Waals surface area contributed by atoms with Crippen LogP contribution in [0.3, 0.4) is 0 Å². The van der Waals surface area contributed by atoms with Crippen molar-refractivity contribution in [3.63, 3.8) is 0 Å². The molecule has 4 rings (SSSR count). The lowest BCUT2D eigenvalue weighted by atomic mass is 9.98. The van der Waals surface area contributed by atoms with Crippen LogP contribution in [0.2, 0.25) is 0 Å². The molecule has 2 aliphatic heterocycles. The van der Waals surface area contributed by atoms with Gasteiger partial charge in [-0.25, -0.2) is 9.99 Å². The SMILES string of the molecule is CC(C)(C)C(=O)OCN1CC(c2cc(C(N)=O)c(Nc3cccc(CN4CCOCC4)n3)s2)N=N1. The van der Waals surface area contributed by atoms with Gasteiger partial charge in [-0.2, -0.15) is 5.11 Å². The number of esters is 1. The van der Waals surface area contributed by atoms with E-state index in [2.05, 4.69) is 20.6 Å². The maximum Gasteiger partial charge on any atom is 0.312 e. The molecule has 0 bridgehead atoms. The number of carbonyl (C=O) groups is 2. The topological polar surface area (TPSA) is 135 Å². The highest BCUT2D eigenvalue weighted by Crippen LogP contribution is 2.37. The summed E-state index contributed by atoms with van der Waals surface area (Å²) in [5.74, 6) is -0.209. The molecule has 1 atom stereocenters. The fraction of sp³-hybridized carbons (Fsp3) is 0.522. The number of rotatable bonds is 8. The Balaban J connectivity index is 1.41. The second-order valence-electron chi connectivity index (χ2n) is 9.50. The van der Waals surface area contributed by atoms with E-state index in [-0.39, 0.29) is 18.7 Å². The van der Waals surface area contributed by atoms with E-state index in [0.29, 0.717) is 22.9 Å². The molecule has 0 spiro atoms. The van der Waals surface area contributed by atoms with E-state index >= 15 is 0 Å². The molecule has 11 nitrogen and oxygen atoms in total. The second kappa shape index (κ2) is 10.7. The molecular formula is C23H31N7O4S. The van der Waals surface area contributed by atoms with E-state index in [1.54, 1.807) is 31.8 Å². The predicted octanol–water partition coefficient (Wildman–Crippen LogP) is 3.09. The number of morpholine rings is 1. The zero-order valence-electron chi connectivity index (χ0n) is 20.2. The molecule has 0 aromatic carbocycles. The molecule has 2 aromatic rings. The number of carbonyl (C=O) groups excluding carboxylic acids is 2. The van der Waals surface area contributed by atoms with Crippen LogP contribution in [0.25, 0.3) is 0 Å². The van der Waals surface area contributed by atoms with Gasteiger partial charge >= 0.3 is 5.97 Å². The van der Waals surface area contributed by atoms with Crippen LogP contribution in [0.1, 0.15) is 47.7 Å². The fourth-order valence-electron chi connectivity index (χ4n) is 3.58. The van der Waals surface area contributed by atoms with Crippen LogP contribution in [0, 0.1) is 5.41 Å². The highest BCUT2D eigenvalue weighted by atomic mass is 32.1. The summed E-state index contributed by atoms with van der Waals surface area (Å²) in [6, 6.07) is 7.22. The van der Waals surface area contributed by atoms with Gasteiger partial charge < -0.3 is 20.5 Å². The van der Waals surface area contributed by atoms with Crippen molar-refractivity contribution >= 4 is 34.0 Å². The molecule has 1 unspecified atom stereocenters. The van der Waals surface area contributed by atoms with Crippen molar-refractivity contribution in [2.24, 2.45) is 21.5 Å². The van der Waals surface area contributed by atoms with Gasteiger partial charge in [0.25, 0.3) is 5.91 Å². The first-order valence-corrected chi connectivity index (χ1v) is 12.3. The summed E-state index contributed by atoms with van der Waals surface area (Å²) in [6.07, 6.45) is 0. The average molecular weight is 502 g/mol. The zero-order valence-corrected chi connectivity index (χ0v) is 21.0. The number of pyridine rings is 1. The van der Waals surface area contributed by atoms with Crippen molar-refractivity contribution in [3.8, 4) is 0 Å². The Hall–Kier alpha value is -3.09. The number of amides is 1. The molecule has 188 valence electrons. The number of hydrogen-bond acceptors (Lipinski definition) is 11. The molecule has 12 heteroatoms. The lowest BCUT2D eigenvalue weighted by Gasteiger charge is -2.26. The number of primary amides is 1. The molecule has 0 saturated carbocycles. The molecule has 0 radical (unpaired) electrons. The average Bonchev–Trinajstić information content (AvgIpc) is 3.45. The van der Waals surface area contributed by atoms with E-state index < -0.39 is 11.3 Å². The normalized spacial score (nSPS) is 18.6. The van der Waals surface area contributed by atoms with Gasteiger partial charge in [0.2, 0.25) is 0 Å². The fourth-order valence-corrected chi connectivity index (χ4v) is 4.67. The first-order chi connectivity index (χ1) is 16.7. The van der Waals surface area contributed by atoms with Crippen molar-refractivity contribution in [2.45, 2.75) is 33.4 Å². The summed E-state index contributed by atoms with van der Waals surface area (Å²) in [7, 11) is 0. The third kappa shape index (κ3) is 6.53. The number of anilines is 2. The lowest BCUT2D eigenvalue weighted by molar-refractivity contribution is -0.157. The summed E-state index contributed by atoms with van der Waals surface area (Å²) in [5, 5.41) is 13.8. The zero-order chi connectivity index (χ0) is 25.0. The quantitative estimate of drug-likeness (QED) is 0.527. The van der Waals surface area contributed by atoms with Crippen LogP contribution < -0.4 is 11.1 Å². The van der Waals surface area contributed by atoms with Gasteiger partial charge in [-0.05, 0) is 39.0 Å². The van der Waals surface area contributed by atoms with E-state index in [4.69, 9.17) is 20.2 Å². The Labute approximate surface area is 208 Å². The van der Waals surface area contributed by atoms with E-state index in [1.165, 1.54) is 11.3 Å². The Morgan fingerprint density at radius 3 is 2.77 bits per heavy atom. The molecule has 1 amide bonds. The van der Waals surface area contributed by atoms with Crippen LogP contribution >= 0.6 is 11.3 Å². The highest BCUT2D eigenvalue weighted by molar-refractivity contribution is 7.16. The molecule has 4 heterocycles. The minimum absolute atomic E-state index is 0.0229. The third-order valence-corrected chi connectivity index (χ3v) is 6.69. The predicted molar refractivity (Wildman–Crippen MR) is 131 cm³/mol. The smallest absolute Gasteiger partial charge is 0.312 e. The molecule has 0 aliphatic carbocycles. The van der Waals surface area contributed by atoms with Crippen molar-refractivity contribution < 1.29 is 19.1 Å². The van der Waals surface area contributed by atoms with Gasteiger partial charge in [0.15, 0.2) is 6.73 Å². The molecule has 35 heavy (non-hydrogen) atoms. The molecule has 2 aliphatic rings. The van der Waals surface area contributed by atoms with Crippen LogP contribution in [-0.2, 0) is 20.8 Å². The van der Waals surface area contributed by atoms with Gasteiger partial charge in [-0.1, -0.05) is 11.3 Å². The molecule has 1 saturated heterocycles. The number of thiophene rings is 1. The Kier molecular flexibility index (Phi) is 7.63. The van der Waals surface area contributed by atoms with Crippen LogP contribution in [-0.4, -0.2) is 66.3 Å². The molecule has 2 aromatic heterocycles. The van der Waals surface area contributed by atoms with Crippen molar-refractivity contribution in [2.75, 3.05) is 44.9 Å². The second-order valence-corrected chi connectivity index (χ2v) is 10.6. The van der Waals surface area contributed by atoms with Gasteiger partial charge in [-0.15, -0.1) is 11.3 Å². The van der Waals surface area contributed by atoms with Crippen LogP contribution in [0.5, 0.6) is 0 Å². The van der Waals surface area contributed by atoms with Crippen LogP contribution in [0.15, 0.2) is 34.6 Å². The first kappa shape index (κ1) is 25.0. The maximum atomic E-state index is 12.1. The van der Waals surface area contributed by atoms with E-state index in [0.717, 1.165) is 43.4 Å². The van der Waals surface area contributed by atoms with E-state index in [1.807, 2.05) is 18.2 Å². The number of hydrogen-bond donors (Lipinski definition) is 2. The van der Waals surface area contributed by atoms with Crippen molar-refractivity contribution in [3.05, 3.63) is 40.4 Å². The molecule has 3 N–H and O–H groups in total. The number of nitrogens with one attached hydrogen (secondary N) is 1. The third-order valence-electron chi connectivity index (χ3n) is 5.54. The minimum Gasteiger partial charge on any atom is -0.442 e. The minimum atomic E-state index is -0.589. The number of nitrogens with two attached hydrogens (primary N) is 1. The van der Waals surface area contributed by atoms with Crippen molar-refractivity contribution in [1.82, 2.24) is 14.9 Å². The number of aromatic nitrogens is 1. The molecular weight excluding hydrogens is 470 g/mol. The Morgan fingerprint density at radius 1 is 1.29 bits per heavy atom. The Morgan fingerprint density at radius 2 is 2.06 bits per heavy atom. The largest absolute Gasteiger partial charge is 0.442 e. The summed E-state index contributed by atoms with van der Waals surface area (Å²) < 4.78 is 10.7. The highest BCUT2D eigenvalue weighted by Gasteiger charge is 2.28. The van der Waals surface area contributed by atoms with Gasteiger partial charge in [-0.3, -0.25) is 14.5 Å². The van der Waals surface area contributed by atoms with Crippen LogP contribution in [0.4, 0.5) is 10.8 Å². The van der Waals surface area contributed by atoms with Crippen molar-refractivity contribution in [1.29, 1.82) is 0 Å². The Bertz CT molecular complexity index is 1090. The molecule has 1 fully saturated rings. The number of nitrogens with zero attached hydrogens (tertiary/aromatic N) is 5. The summed E-state index contributed by atoms with van der Waals surface area (Å²) in [5.41, 5.74) is 6.36. The summed E-state index contributed by atoms with van der Waals surface area (Å²) >= 11 is 1.39. The number of ether oxygens (including phenoxy) is 2. The summed E-state index contributed by atoms with van der Waals surface area (Å²) in [6.45, 7) is 9.78. The van der Waals surface area contributed by atoms with Gasteiger partial charge in [0.1, 0.15) is 16.9 Å². The summed E-state index contributed by atoms with van der Waals surface area (Å²) in [4.78, 5) is 32.0. The lowest BCUT2D eigenvalue weighted by Crippen LogP contribution is -2.35. The maximum absolute atomic E-state index is 12.1.